The fourth-order valence-corrected chi connectivity index (χ4v) is 2.58. The van der Waals surface area contributed by atoms with E-state index < -0.39 is 5.97 Å². The Morgan fingerprint density at radius 1 is 1.29 bits per heavy atom. The highest BCUT2D eigenvalue weighted by Crippen LogP contribution is 2.21. The number of carbonyl (C=O) groups is 2. The van der Waals surface area contributed by atoms with Gasteiger partial charge < -0.3 is 14.7 Å². The number of hydrogen-bond donors (Lipinski definition) is 1. The number of para-hydroxylation sites is 1. The van der Waals surface area contributed by atoms with Crippen molar-refractivity contribution < 1.29 is 19.4 Å². The second kappa shape index (κ2) is 7.11. The molecule has 1 aliphatic heterocycles. The van der Waals surface area contributed by atoms with Crippen LogP contribution in [-0.4, -0.2) is 41.6 Å². The average Bonchev–Trinajstić information content (AvgIpc) is 2.46. The van der Waals surface area contributed by atoms with Crippen LogP contribution in [0.3, 0.4) is 0 Å². The number of nitrogens with zero attached hydrogens (tertiary/aromatic N) is 1. The summed E-state index contributed by atoms with van der Waals surface area (Å²) in [5, 5.41) is 8.78. The van der Waals surface area contributed by atoms with Gasteiger partial charge in [-0.2, -0.15) is 0 Å². The molecule has 1 amide bonds. The van der Waals surface area contributed by atoms with Gasteiger partial charge in [0.1, 0.15) is 5.75 Å². The van der Waals surface area contributed by atoms with Gasteiger partial charge in [0.25, 0.3) is 5.91 Å². The molecule has 0 aliphatic carbocycles. The molecule has 0 atom stereocenters. The van der Waals surface area contributed by atoms with Gasteiger partial charge in [-0.3, -0.25) is 9.59 Å². The first-order chi connectivity index (χ1) is 10.1. The van der Waals surface area contributed by atoms with Gasteiger partial charge in [0.2, 0.25) is 0 Å². The Bertz CT molecular complexity index is 507. The second-order valence-corrected chi connectivity index (χ2v) is 5.48. The molecule has 2 rings (SSSR count). The van der Waals surface area contributed by atoms with E-state index in [9.17, 15) is 9.59 Å². The maximum atomic E-state index is 12.1. The monoisotopic (exact) mass is 291 g/mol. The number of carbonyl (C=O) groups excluding carboxylic acids is 1. The van der Waals surface area contributed by atoms with Crippen molar-refractivity contribution in [2.24, 2.45) is 5.92 Å². The summed E-state index contributed by atoms with van der Waals surface area (Å²) >= 11 is 0. The normalized spacial score (nSPS) is 15.8. The molecule has 114 valence electrons. The van der Waals surface area contributed by atoms with Crippen molar-refractivity contribution in [1.82, 2.24) is 4.90 Å². The van der Waals surface area contributed by atoms with Gasteiger partial charge in [0.05, 0.1) is 0 Å². The van der Waals surface area contributed by atoms with Gasteiger partial charge in [-0.25, -0.2) is 0 Å². The first kappa shape index (κ1) is 15.4. The van der Waals surface area contributed by atoms with Gasteiger partial charge in [0.15, 0.2) is 6.61 Å². The molecule has 0 spiro atoms. The maximum Gasteiger partial charge on any atom is 0.303 e. The summed E-state index contributed by atoms with van der Waals surface area (Å²) < 4.78 is 5.56. The number of aliphatic carboxylic acids is 1. The summed E-state index contributed by atoms with van der Waals surface area (Å²) in [5.41, 5.74) is 1.01. The quantitative estimate of drug-likeness (QED) is 0.902. The maximum absolute atomic E-state index is 12.1. The number of rotatable bonds is 5. The summed E-state index contributed by atoms with van der Waals surface area (Å²) in [4.78, 5) is 24.5. The summed E-state index contributed by atoms with van der Waals surface area (Å²) in [6.45, 7) is 3.22. The van der Waals surface area contributed by atoms with Crippen LogP contribution in [0.2, 0.25) is 0 Å². The lowest BCUT2D eigenvalue weighted by molar-refractivity contribution is -0.139. The van der Waals surface area contributed by atoms with Crippen LogP contribution in [0.25, 0.3) is 0 Å². The summed E-state index contributed by atoms with van der Waals surface area (Å²) in [7, 11) is 0. The van der Waals surface area contributed by atoms with E-state index in [0.717, 1.165) is 24.2 Å². The molecule has 0 saturated carbocycles. The molecular formula is C16H21NO4. The topological polar surface area (TPSA) is 66.8 Å². The van der Waals surface area contributed by atoms with Crippen LogP contribution in [0, 0.1) is 12.8 Å². The van der Waals surface area contributed by atoms with Crippen LogP contribution in [0.4, 0.5) is 0 Å². The van der Waals surface area contributed by atoms with E-state index in [1.807, 2.05) is 31.2 Å². The fourth-order valence-electron chi connectivity index (χ4n) is 2.58. The minimum absolute atomic E-state index is 0.0352. The lowest BCUT2D eigenvalue weighted by atomic mass is 9.94. The van der Waals surface area contributed by atoms with Crippen molar-refractivity contribution in [3.05, 3.63) is 29.8 Å². The molecule has 1 heterocycles. The number of carboxylic acids is 1. The van der Waals surface area contributed by atoms with Crippen LogP contribution in [0.1, 0.15) is 24.8 Å². The Kier molecular flexibility index (Phi) is 5.20. The van der Waals surface area contributed by atoms with E-state index in [-0.39, 0.29) is 24.9 Å². The molecule has 5 nitrogen and oxygen atoms in total. The highest BCUT2D eigenvalue weighted by Gasteiger charge is 2.24. The largest absolute Gasteiger partial charge is 0.484 e. The van der Waals surface area contributed by atoms with Gasteiger partial charge in [-0.05, 0) is 37.3 Å². The van der Waals surface area contributed by atoms with Crippen molar-refractivity contribution in [2.45, 2.75) is 26.2 Å². The van der Waals surface area contributed by atoms with Crippen molar-refractivity contribution >= 4 is 11.9 Å². The summed E-state index contributed by atoms with van der Waals surface area (Å²) in [6.07, 6.45) is 1.70. The van der Waals surface area contributed by atoms with Gasteiger partial charge in [-0.1, -0.05) is 18.2 Å². The number of likely N-dealkylation sites (tertiary alicyclic amines) is 1. The Balaban J connectivity index is 1.77. The number of aryl methyl sites for hydroxylation is 1. The van der Waals surface area contributed by atoms with Gasteiger partial charge in [0, 0.05) is 19.5 Å². The molecule has 0 aromatic heterocycles. The lowest BCUT2D eigenvalue weighted by Gasteiger charge is -2.31. The minimum Gasteiger partial charge on any atom is -0.484 e. The molecule has 1 N–H and O–H groups in total. The van der Waals surface area contributed by atoms with E-state index in [4.69, 9.17) is 9.84 Å². The molecule has 5 heteroatoms. The highest BCUT2D eigenvalue weighted by molar-refractivity contribution is 5.78. The van der Waals surface area contributed by atoms with Crippen LogP contribution >= 0.6 is 0 Å². The van der Waals surface area contributed by atoms with E-state index in [2.05, 4.69) is 0 Å². The molecular weight excluding hydrogens is 270 g/mol. The third-order valence-corrected chi connectivity index (χ3v) is 3.88. The average molecular weight is 291 g/mol. The number of piperidine rings is 1. The van der Waals surface area contributed by atoms with Crippen LogP contribution < -0.4 is 4.74 Å². The van der Waals surface area contributed by atoms with Crippen molar-refractivity contribution in [3.63, 3.8) is 0 Å². The highest BCUT2D eigenvalue weighted by atomic mass is 16.5. The van der Waals surface area contributed by atoms with Gasteiger partial charge in [-0.15, -0.1) is 0 Å². The zero-order chi connectivity index (χ0) is 15.2. The number of benzene rings is 1. The van der Waals surface area contributed by atoms with E-state index in [0.29, 0.717) is 13.1 Å². The number of ether oxygens (including phenoxy) is 1. The van der Waals surface area contributed by atoms with Crippen molar-refractivity contribution in [2.75, 3.05) is 19.7 Å². The summed E-state index contributed by atoms with van der Waals surface area (Å²) in [5.74, 6) is 0.116. The third kappa shape index (κ3) is 4.48. The van der Waals surface area contributed by atoms with Crippen molar-refractivity contribution in [1.29, 1.82) is 0 Å². The molecule has 0 unspecified atom stereocenters. The molecule has 1 aliphatic rings. The molecule has 1 aromatic rings. The molecule has 0 bridgehead atoms. The smallest absolute Gasteiger partial charge is 0.303 e. The predicted octanol–water partition coefficient (Wildman–Crippen LogP) is 2.09. The van der Waals surface area contributed by atoms with Crippen LogP contribution in [0.5, 0.6) is 5.75 Å². The number of hydrogen-bond acceptors (Lipinski definition) is 3. The number of carboxylic acid groups (broad SMARTS) is 1. The second-order valence-electron chi connectivity index (χ2n) is 5.48. The Hall–Kier alpha value is -2.04. The molecule has 0 radical (unpaired) electrons. The van der Waals surface area contributed by atoms with E-state index >= 15 is 0 Å². The Labute approximate surface area is 124 Å². The molecule has 1 fully saturated rings. The molecule has 1 saturated heterocycles. The molecule has 1 aromatic carbocycles. The summed E-state index contributed by atoms with van der Waals surface area (Å²) in [6, 6.07) is 7.60. The zero-order valence-electron chi connectivity index (χ0n) is 12.2. The SMILES string of the molecule is Cc1ccccc1OCC(=O)N1CCC(CC(=O)O)CC1. The first-order valence-corrected chi connectivity index (χ1v) is 7.24. The van der Waals surface area contributed by atoms with Crippen LogP contribution in [-0.2, 0) is 9.59 Å². The van der Waals surface area contributed by atoms with E-state index in [1.165, 1.54) is 0 Å². The predicted molar refractivity (Wildman–Crippen MR) is 78.2 cm³/mol. The Morgan fingerprint density at radius 3 is 2.57 bits per heavy atom. The van der Waals surface area contributed by atoms with E-state index in [1.54, 1.807) is 4.90 Å². The minimum atomic E-state index is -0.761. The van der Waals surface area contributed by atoms with Crippen molar-refractivity contribution in [3.8, 4) is 5.75 Å². The fraction of sp³-hybridized carbons (Fsp3) is 0.500. The third-order valence-electron chi connectivity index (χ3n) is 3.88. The lowest BCUT2D eigenvalue weighted by Crippen LogP contribution is -2.41. The zero-order valence-corrected chi connectivity index (χ0v) is 12.2. The molecule has 21 heavy (non-hydrogen) atoms. The van der Waals surface area contributed by atoms with Gasteiger partial charge >= 0.3 is 5.97 Å². The first-order valence-electron chi connectivity index (χ1n) is 7.24. The van der Waals surface area contributed by atoms with Crippen LogP contribution in [0.15, 0.2) is 24.3 Å². The Morgan fingerprint density at radius 2 is 1.95 bits per heavy atom. The number of amides is 1. The standard InChI is InChI=1S/C16H21NO4/c1-12-4-2-3-5-14(12)21-11-15(18)17-8-6-13(7-9-17)10-16(19)20/h2-5,13H,6-11H2,1H3,(H,19,20).